The maximum absolute atomic E-state index is 13.5. The van der Waals surface area contributed by atoms with Gasteiger partial charge in [-0.2, -0.15) is 4.31 Å². The van der Waals surface area contributed by atoms with Gasteiger partial charge in [-0.15, -0.1) is 23.7 Å². The van der Waals surface area contributed by atoms with Gasteiger partial charge in [0.2, 0.25) is 5.91 Å². The predicted molar refractivity (Wildman–Crippen MR) is 134 cm³/mol. The summed E-state index contributed by atoms with van der Waals surface area (Å²) in [5.41, 5.74) is 0.891. The Kier molecular flexibility index (Phi) is 8.29. The van der Waals surface area contributed by atoms with Crippen molar-refractivity contribution in [3.05, 3.63) is 41.8 Å². The number of carbonyl (C=O) groups excluding carboxylic acids is 1. The molecule has 32 heavy (non-hydrogen) atoms. The third-order valence-electron chi connectivity index (χ3n) is 5.44. The molecule has 0 spiro atoms. The van der Waals surface area contributed by atoms with Crippen molar-refractivity contribution in [2.45, 2.75) is 17.1 Å². The summed E-state index contributed by atoms with van der Waals surface area (Å²) in [5.74, 6) is -0.168. The van der Waals surface area contributed by atoms with Crippen LogP contribution in [0.25, 0.3) is 10.2 Å². The normalized spacial score (nSPS) is 15.7. The van der Waals surface area contributed by atoms with Crippen molar-refractivity contribution in [2.75, 3.05) is 45.2 Å². The number of halogens is 1. The molecule has 2 aromatic heterocycles. The third kappa shape index (κ3) is 5.32. The minimum atomic E-state index is -3.47. The van der Waals surface area contributed by atoms with Crippen LogP contribution in [0.4, 0.5) is 5.13 Å². The lowest BCUT2D eigenvalue weighted by molar-refractivity contribution is -0.123. The average Bonchev–Trinajstić information content (AvgIpc) is 3.44. The van der Waals surface area contributed by atoms with Gasteiger partial charge in [-0.25, -0.2) is 13.4 Å². The maximum atomic E-state index is 13.5. The first-order chi connectivity index (χ1) is 14.9. The maximum Gasteiger partial charge on any atom is 0.252 e. The van der Waals surface area contributed by atoms with E-state index < -0.39 is 10.0 Å². The number of fused-ring (bicyclic) bond motifs is 1. The highest BCUT2D eigenvalue weighted by Gasteiger charge is 2.35. The Bertz CT molecular complexity index is 1110. The van der Waals surface area contributed by atoms with E-state index in [-0.39, 0.29) is 24.2 Å². The second-order valence-corrected chi connectivity index (χ2v) is 12.0. The van der Waals surface area contributed by atoms with E-state index in [1.165, 1.54) is 27.0 Å². The van der Waals surface area contributed by atoms with Crippen LogP contribution in [0, 0.1) is 5.92 Å². The van der Waals surface area contributed by atoms with Crippen molar-refractivity contribution in [1.29, 1.82) is 0 Å². The van der Waals surface area contributed by atoms with Crippen molar-refractivity contribution >= 4 is 66.4 Å². The molecule has 174 valence electrons. The molecule has 3 heterocycles. The molecule has 7 nitrogen and oxygen atoms in total. The van der Waals surface area contributed by atoms with Gasteiger partial charge < -0.3 is 4.90 Å². The van der Waals surface area contributed by atoms with Gasteiger partial charge in [0.05, 0.1) is 10.2 Å². The van der Waals surface area contributed by atoms with Gasteiger partial charge >= 0.3 is 0 Å². The van der Waals surface area contributed by atoms with E-state index in [0.717, 1.165) is 16.8 Å². The van der Waals surface area contributed by atoms with E-state index in [1.807, 2.05) is 43.3 Å². The van der Waals surface area contributed by atoms with Gasteiger partial charge in [-0.05, 0) is 50.5 Å². The van der Waals surface area contributed by atoms with Crippen molar-refractivity contribution in [2.24, 2.45) is 5.92 Å². The molecule has 0 N–H and O–H groups in total. The number of amides is 1. The third-order valence-corrected chi connectivity index (χ3v) is 9.77. The Labute approximate surface area is 203 Å². The smallest absolute Gasteiger partial charge is 0.252 e. The molecule has 1 aliphatic heterocycles. The second kappa shape index (κ2) is 10.6. The van der Waals surface area contributed by atoms with Gasteiger partial charge in [-0.1, -0.05) is 29.5 Å². The first-order valence-corrected chi connectivity index (χ1v) is 13.4. The molecular weight excluding hydrogens is 488 g/mol. The highest BCUT2D eigenvalue weighted by Crippen LogP contribution is 2.32. The topological polar surface area (TPSA) is 73.8 Å². The molecule has 1 fully saturated rings. The predicted octanol–water partition coefficient (Wildman–Crippen LogP) is 3.78. The van der Waals surface area contributed by atoms with Crippen molar-refractivity contribution in [3.63, 3.8) is 0 Å². The number of nitrogens with zero attached hydrogens (tertiary/aromatic N) is 4. The molecule has 0 unspecified atom stereocenters. The Balaban J connectivity index is 0.00000289. The molecule has 0 saturated carbocycles. The van der Waals surface area contributed by atoms with E-state index in [1.54, 1.807) is 22.4 Å². The minimum Gasteiger partial charge on any atom is -0.308 e. The number of hydrogen-bond acceptors (Lipinski definition) is 7. The molecule has 3 aromatic rings. The number of aromatic nitrogens is 1. The number of sulfonamides is 1. The highest BCUT2D eigenvalue weighted by molar-refractivity contribution is 7.91. The van der Waals surface area contributed by atoms with Crippen LogP contribution in [0.15, 0.2) is 46.0 Å². The summed E-state index contributed by atoms with van der Waals surface area (Å²) < 4.78 is 28.5. The number of benzene rings is 1. The van der Waals surface area contributed by atoms with E-state index in [0.29, 0.717) is 41.8 Å². The largest absolute Gasteiger partial charge is 0.308 e. The van der Waals surface area contributed by atoms with E-state index in [4.69, 9.17) is 4.98 Å². The number of thiazole rings is 1. The Morgan fingerprint density at radius 1 is 1.12 bits per heavy atom. The summed E-state index contributed by atoms with van der Waals surface area (Å²) in [6.07, 6.45) is 1.04. The van der Waals surface area contributed by atoms with Gasteiger partial charge in [0, 0.05) is 32.1 Å². The van der Waals surface area contributed by atoms with Crippen LogP contribution < -0.4 is 4.90 Å². The second-order valence-electron chi connectivity index (χ2n) is 7.87. The molecular formula is C21H27ClN4O3S3. The number of rotatable bonds is 7. The number of carbonyl (C=O) groups is 1. The zero-order valence-electron chi connectivity index (χ0n) is 18.0. The summed E-state index contributed by atoms with van der Waals surface area (Å²) in [7, 11) is 0.493. The number of para-hydroxylation sites is 1. The Morgan fingerprint density at radius 3 is 2.47 bits per heavy atom. The zero-order chi connectivity index (χ0) is 22.0. The van der Waals surface area contributed by atoms with Crippen LogP contribution in [0.1, 0.15) is 12.8 Å². The summed E-state index contributed by atoms with van der Waals surface area (Å²) in [6, 6.07) is 11.3. The number of likely N-dealkylation sites (N-methyl/N-ethyl adjacent to an activating group) is 1. The van der Waals surface area contributed by atoms with E-state index in [2.05, 4.69) is 0 Å². The molecule has 11 heteroatoms. The summed E-state index contributed by atoms with van der Waals surface area (Å²) >= 11 is 2.75. The molecule has 1 saturated heterocycles. The van der Waals surface area contributed by atoms with Crippen LogP contribution in [0.2, 0.25) is 0 Å². The van der Waals surface area contributed by atoms with Crippen molar-refractivity contribution < 1.29 is 13.2 Å². The van der Waals surface area contributed by atoms with Gasteiger partial charge in [0.15, 0.2) is 5.13 Å². The van der Waals surface area contributed by atoms with E-state index >= 15 is 0 Å². The quantitative estimate of drug-likeness (QED) is 0.479. The summed E-state index contributed by atoms with van der Waals surface area (Å²) in [6.45, 7) is 2.00. The highest BCUT2D eigenvalue weighted by atomic mass is 35.5. The lowest BCUT2D eigenvalue weighted by Gasteiger charge is -2.33. The lowest BCUT2D eigenvalue weighted by atomic mass is 9.96. The fourth-order valence-corrected chi connectivity index (χ4v) is 7.29. The fraction of sp³-hybridized carbons (Fsp3) is 0.429. The number of hydrogen-bond donors (Lipinski definition) is 0. The van der Waals surface area contributed by atoms with Crippen LogP contribution >= 0.6 is 35.1 Å². The molecule has 0 radical (unpaired) electrons. The minimum absolute atomic E-state index is 0. The van der Waals surface area contributed by atoms with Crippen molar-refractivity contribution in [1.82, 2.24) is 14.2 Å². The Hall–Kier alpha value is -1.56. The fourth-order valence-electron chi connectivity index (χ4n) is 3.68. The number of thiophene rings is 1. The molecule has 0 atom stereocenters. The van der Waals surface area contributed by atoms with Crippen LogP contribution in [-0.2, 0) is 14.8 Å². The van der Waals surface area contributed by atoms with Gasteiger partial charge in [-0.3, -0.25) is 9.69 Å². The van der Waals surface area contributed by atoms with Crippen molar-refractivity contribution in [3.8, 4) is 0 Å². The summed E-state index contributed by atoms with van der Waals surface area (Å²) in [5, 5.41) is 2.48. The van der Waals surface area contributed by atoms with Crippen LogP contribution in [0.3, 0.4) is 0 Å². The monoisotopic (exact) mass is 514 g/mol. The standard InChI is InChI=1S/C21H26N4O3S3.ClH/c1-23(2)13-14-25(21-22-17-6-3-4-7-18(17)30-21)20(26)16-9-11-24(12-10-16)31(27,28)19-8-5-15-29-19;/h3-8,15-16H,9-14H2,1-2H3;1H. The number of piperidine rings is 1. The lowest BCUT2D eigenvalue weighted by Crippen LogP contribution is -2.45. The Morgan fingerprint density at radius 2 is 1.84 bits per heavy atom. The molecule has 0 aliphatic carbocycles. The molecule has 0 bridgehead atoms. The molecule has 1 aliphatic rings. The van der Waals surface area contributed by atoms with Crippen LogP contribution in [-0.4, -0.2) is 68.8 Å². The molecule has 1 amide bonds. The van der Waals surface area contributed by atoms with Crippen LogP contribution in [0.5, 0.6) is 0 Å². The first kappa shape index (κ1) is 25.1. The van der Waals surface area contributed by atoms with Gasteiger partial charge in [0.25, 0.3) is 10.0 Å². The summed E-state index contributed by atoms with van der Waals surface area (Å²) in [4.78, 5) is 22.0. The molecule has 1 aromatic carbocycles. The number of anilines is 1. The zero-order valence-corrected chi connectivity index (χ0v) is 21.3. The first-order valence-electron chi connectivity index (χ1n) is 10.2. The van der Waals surface area contributed by atoms with E-state index in [9.17, 15) is 13.2 Å². The molecule has 4 rings (SSSR count). The SMILES string of the molecule is CN(C)CCN(C(=O)C1CCN(S(=O)(=O)c2cccs2)CC1)c1nc2ccccc2s1.Cl. The average molecular weight is 515 g/mol. The van der Waals surface area contributed by atoms with Gasteiger partial charge in [0.1, 0.15) is 4.21 Å².